The number of hydrogen-bond donors (Lipinski definition) is 3. The Morgan fingerprint density at radius 1 is 1.07 bits per heavy atom. The number of ketones is 1. The molecule has 0 spiro atoms. The second-order valence-electron chi connectivity index (χ2n) is 6.85. The van der Waals surface area contributed by atoms with Crippen LogP contribution >= 0.6 is 11.3 Å². The minimum absolute atomic E-state index is 0.363. The summed E-state index contributed by atoms with van der Waals surface area (Å²) in [4.78, 5) is 13.0. The summed E-state index contributed by atoms with van der Waals surface area (Å²) < 4.78 is 21.0. The van der Waals surface area contributed by atoms with E-state index in [2.05, 4.69) is 0 Å². The predicted molar refractivity (Wildman–Crippen MR) is 103 cm³/mol. The Morgan fingerprint density at radius 2 is 1.86 bits per heavy atom. The zero-order chi connectivity index (χ0) is 19.8. The summed E-state index contributed by atoms with van der Waals surface area (Å²) in [6.45, 7) is -0.564. The van der Waals surface area contributed by atoms with E-state index in [1.54, 1.807) is 17.4 Å². The Hall–Kier alpha value is -2.16. The molecule has 3 aromatic rings. The Balaban J connectivity index is 1.64. The summed E-state index contributed by atoms with van der Waals surface area (Å²) in [6, 6.07) is 14.2. The number of aliphatic hydroxyl groups excluding tert-OH is 3. The highest BCUT2D eigenvalue weighted by Crippen LogP contribution is 2.33. The number of rotatable bonds is 4. The molecule has 0 bridgehead atoms. The Morgan fingerprint density at radius 3 is 2.61 bits per heavy atom. The van der Waals surface area contributed by atoms with Gasteiger partial charge >= 0.3 is 0 Å². The third-order valence-corrected chi connectivity index (χ3v) is 6.08. The van der Waals surface area contributed by atoms with Crippen LogP contribution in [0.4, 0.5) is 4.39 Å². The molecule has 4 atom stereocenters. The quantitative estimate of drug-likeness (QED) is 0.624. The van der Waals surface area contributed by atoms with Crippen molar-refractivity contribution < 1.29 is 29.2 Å². The Bertz CT molecular complexity index is 984. The van der Waals surface area contributed by atoms with E-state index in [4.69, 9.17) is 4.74 Å². The fourth-order valence-electron chi connectivity index (χ4n) is 3.47. The molecule has 2 aromatic carbocycles. The first-order valence-corrected chi connectivity index (χ1v) is 9.71. The highest BCUT2D eigenvalue weighted by atomic mass is 32.1. The first-order valence-electron chi connectivity index (χ1n) is 8.90. The molecule has 0 radical (unpaired) electrons. The molecule has 1 aliphatic rings. The molecular weight excluding hydrogens is 383 g/mol. The molecular formula is C21H19FO5S. The van der Waals surface area contributed by atoms with Gasteiger partial charge in [-0.05, 0) is 40.8 Å². The smallest absolute Gasteiger partial charge is 0.195 e. The maximum atomic E-state index is 14.4. The van der Waals surface area contributed by atoms with Gasteiger partial charge in [-0.3, -0.25) is 4.79 Å². The summed E-state index contributed by atoms with van der Waals surface area (Å²) in [5.74, 6) is -1.21. The second kappa shape index (κ2) is 7.69. The van der Waals surface area contributed by atoms with Gasteiger partial charge in [0.2, 0.25) is 0 Å². The molecule has 0 aliphatic carbocycles. The van der Waals surface area contributed by atoms with Crippen LogP contribution in [0.5, 0.6) is 0 Å². The van der Waals surface area contributed by atoms with E-state index in [-0.39, 0.29) is 0 Å². The SMILES string of the molecule is O=C1[C@@H](O)[C@H](c2ccc(F)c(Cc3cc4ccccc4s3)c2)O[C@H](CO)[C@H]1O. The summed E-state index contributed by atoms with van der Waals surface area (Å²) in [6.07, 6.45) is -5.01. The third kappa shape index (κ3) is 3.47. The maximum absolute atomic E-state index is 14.4. The number of carbonyl (C=O) groups is 1. The molecule has 7 heteroatoms. The van der Waals surface area contributed by atoms with Gasteiger partial charge in [0.1, 0.15) is 30.2 Å². The number of carbonyl (C=O) groups excluding carboxylic acids is 1. The van der Waals surface area contributed by atoms with E-state index in [1.165, 1.54) is 12.1 Å². The van der Waals surface area contributed by atoms with Gasteiger partial charge in [0, 0.05) is 16.0 Å². The molecule has 5 nitrogen and oxygen atoms in total. The number of halogens is 1. The van der Waals surface area contributed by atoms with E-state index in [0.29, 0.717) is 17.5 Å². The van der Waals surface area contributed by atoms with Crippen LogP contribution in [0.1, 0.15) is 22.1 Å². The average molecular weight is 402 g/mol. The minimum Gasteiger partial charge on any atom is -0.394 e. The van der Waals surface area contributed by atoms with Crippen molar-refractivity contribution in [1.82, 2.24) is 0 Å². The van der Waals surface area contributed by atoms with E-state index >= 15 is 0 Å². The average Bonchev–Trinajstić information content (AvgIpc) is 3.11. The summed E-state index contributed by atoms with van der Waals surface area (Å²) in [5.41, 5.74) is 0.836. The molecule has 1 aliphatic heterocycles. The maximum Gasteiger partial charge on any atom is 0.195 e. The van der Waals surface area contributed by atoms with Crippen LogP contribution in [0, 0.1) is 5.82 Å². The summed E-state index contributed by atoms with van der Waals surface area (Å²) in [5, 5.41) is 30.4. The van der Waals surface area contributed by atoms with Crippen LogP contribution < -0.4 is 0 Å². The topological polar surface area (TPSA) is 87.0 Å². The number of Topliss-reactive ketones (excluding diaryl/α,β-unsaturated/α-hetero) is 1. The van der Waals surface area contributed by atoms with Gasteiger partial charge in [-0.1, -0.05) is 24.3 Å². The van der Waals surface area contributed by atoms with E-state index in [1.807, 2.05) is 30.3 Å². The molecule has 1 aromatic heterocycles. The fourth-order valence-corrected chi connectivity index (χ4v) is 4.55. The van der Waals surface area contributed by atoms with Crippen LogP contribution in [0.2, 0.25) is 0 Å². The molecule has 0 saturated carbocycles. The van der Waals surface area contributed by atoms with Crippen molar-refractivity contribution in [3.63, 3.8) is 0 Å². The van der Waals surface area contributed by atoms with E-state index in [9.17, 15) is 24.5 Å². The van der Waals surface area contributed by atoms with Crippen molar-refractivity contribution in [2.45, 2.75) is 30.8 Å². The lowest BCUT2D eigenvalue weighted by atomic mass is 9.91. The lowest BCUT2D eigenvalue weighted by Crippen LogP contribution is -2.52. The van der Waals surface area contributed by atoms with E-state index in [0.717, 1.165) is 15.0 Å². The molecule has 146 valence electrons. The molecule has 0 amide bonds. The highest BCUT2D eigenvalue weighted by molar-refractivity contribution is 7.19. The Labute approximate surface area is 164 Å². The lowest BCUT2D eigenvalue weighted by molar-refractivity contribution is -0.189. The molecule has 0 unspecified atom stereocenters. The van der Waals surface area contributed by atoms with Crippen molar-refractivity contribution in [3.8, 4) is 0 Å². The standard InChI is InChI=1S/C21H19FO5S/c22-15-6-5-12(21-20(26)19(25)18(24)16(10-23)27-21)7-13(15)9-14-8-11-3-1-2-4-17(11)28-14/h1-8,16,18,20-21,23-24,26H,9-10H2/t16-,18-,20-,21+/m1/s1. The number of ether oxygens (including phenoxy) is 1. The zero-order valence-corrected chi connectivity index (χ0v) is 15.6. The first-order chi connectivity index (χ1) is 13.5. The zero-order valence-electron chi connectivity index (χ0n) is 14.8. The van der Waals surface area contributed by atoms with Gasteiger partial charge in [-0.2, -0.15) is 0 Å². The van der Waals surface area contributed by atoms with Gasteiger partial charge < -0.3 is 20.1 Å². The van der Waals surface area contributed by atoms with Crippen LogP contribution in [0.15, 0.2) is 48.5 Å². The van der Waals surface area contributed by atoms with Gasteiger partial charge in [-0.25, -0.2) is 4.39 Å². The van der Waals surface area contributed by atoms with Crippen molar-refractivity contribution in [2.24, 2.45) is 0 Å². The molecule has 1 saturated heterocycles. The van der Waals surface area contributed by atoms with Crippen molar-refractivity contribution in [2.75, 3.05) is 6.61 Å². The van der Waals surface area contributed by atoms with Gasteiger partial charge in [-0.15, -0.1) is 11.3 Å². The summed E-state index contributed by atoms with van der Waals surface area (Å²) >= 11 is 1.58. The van der Waals surface area contributed by atoms with Gasteiger partial charge in [0.15, 0.2) is 5.78 Å². The molecule has 4 rings (SSSR count). The summed E-state index contributed by atoms with van der Waals surface area (Å²) in [7, 11) is 0. The van der Waals surface area contributed by atoms with Crippen molar-refractivity contribution >= 4 is 27.2 Å². The fraction of sp³-hybridized carbons (Fsp3) is 0.286. The number of aliphatic hydroxyl groups is 3. The normalized spacial score (nSPS) is 25.4. The number of fused-ring (bicyclic) bond motifs is 1. The second-order valence-corrected chi connectivity index (χ2v) is 8.02. The largest absolute Gasteiger partial charge is 0.394 e. The van der Waals surface area contributed by atoms with Crippen LogP contribution in [0.3, 0.4) is 0 Å². The number of hydrogen-bond acceptors (Lipinski definition) is 6. The predicted octanol–water partition coefficient (Wildman–Crippen LogP) is 2.35. The van der Waals surface area contributed by atoms with Crippen molar-refractivity contribution in [1.29, 1.82) is 0 Å². The third-order valence-electron chi connectivity index (χ3n) is 4.96. The lowest BCUT2D eigenvalue weighted by Gasteiger charge is -2.35. The van der Waals surface area contributed by atoms with Gasteiger partial charge in [0.05, 0.1) is 6.61 Å². The van der Waals surface area contributed by atoms with Gasteiger partial charge in [0.25, 0.3) is 0 Å². The van der Waals surface area contributed by atoms with Crippen LogP contribution in [-0.4, -0.2) is 46.0 Å². The Kier molecular flexibility index (Phi) is 5.27. The monoisotopic (exact) mass is 402 g/mol. The number of benzene rings is 2. The molecule has 28 heavy (non-hydrogen) atoms. The number of thiophene rings is 1. The van der Waals surface area contributed by atoms with Crippen LogP contribution in [0.25, 0.3) is 10.1 Å². The van der Waals surface area contributed by atoms with Crippen molar-refractivity contribution in [3.05, 3.63) is 70.4 Å². The molecule has 3 N–H and O–H groups in total. The van der Waals surface area contributed by atoms with Crippen LogP contribution in [-0.2, 0) is 16.0 Å². The minimum atomic E-state index is -1.59. The first kappa shape index (κ1) is 19.2. The molecule has 1 fully saturated rings. The molecule has 2 heterocycles. The van der Waals surface area contributed by atoms with E-state index < -0.39 is 42.6 Å². The highest BCUT2D eigenvalue weighted by Gasteiger charge is 2.43.